The summed E-state index contributed by atoms with van der Waals surface area (Å²) in [5.74, 6) is 0.748. The Morgan fingerprint density at radius 3 is 2.29 bits per heavy atom. The fourth-order valence-electron chi connectivity index (χ4n) is 3.65. The molecule has 0 atom stereocenters. The van der Waals surface area contributed by atoms with Crippen molar-refractivity contribution in [2.24, 2.45) is 5.10 Å². The number of nitrogens with zero attached hydrogens (tertiary/aromatic N) is 3. The van der Waals surface area contributed by atoms with Crippen LogP contribution in [-0.4, -0.2) is 43.2 Å². The van der Waals surface area contributed by atoms with E-state index >= 15 is 0 Å². The molecule has 1 heterocycles. The van der Waals surface area contributed by atoms with E-state index in [1.807, 2.05) is 61.7 Å². The van der Waals surface area contributed by atoms with E-state index in [0.717, 1.165) is 28.1 Å². The average molecular weight is 471 g/mol. The monoisotopic (exact) mass is 470 g/mol. The molecule has 1 aromatic heterocycles. The van der Waals surface area contributed by atoms with Gasteiger partial charge in [0.2, 0.25) is 5.75 Å². The van der Waals surface area contributed by atoms with Crippen molar-refractivity contribution < 1.29 is 19.0 Å². The van der Waals surface area contributed by atoms with Crippen molar-refractivity contribution >= 4 is 12.1 Å². The summed E-state index contributed by atoms with van der Waals surface area (Å²) in [4.78, 5) is 12.8. The first-order valence-corrected chi connectivity index (χ1v) is 10.9. The number of ether oxygens (including phenoxy) is 3. The van der Waals surface area contributed by atoms with E-state index in [2.05, 4.69) is 16.6 Å². The van der Waals surface area contributed by atoms with Gasteiger partial charge in [0, 0.05) is 22.9 Å². The van der Waals surface area contributed by atoms with Crippen LogP contribution in [0.1, 0.15) is 21.5 Å². The predicted octanol–water partition coefficient (Wildman–Crippen LogP) is 4.64. The van der Waals surface area contributed by atoms with Gasteiger partial charge in [-0.3, -0.25) is 4.79 Å². The van der Waals surface area contributed by atoms with E-state index in [1.54, 1.807) is 23.0 Å². The molecule has 0 fully saturated rings. The third-order valence-electron chi connectivity index (χ3n) is 5.35. The summed E-state index contributed by atoms with van der Waals surface area (Å²) >= 11 is 0. The minimum absolute atomic E-state index is 0.315. The molecular formula is C27H26N4O4. The Morgan fingerprint density at radius 2 is 1.66 bits per heavy atom. The number of hydrogen-bond donors (Lipinski definition) is 1. The second kappa shape index (κ2) is 10.6. The highest BCUT2D eigenvalue weighted by Gasteiger charge is 2.17. The number of nitrogens with one attached hydrogen (secondary N) is 1. The lowest BCUT2D eigenvalue weighted by Gasteiger charge is -2.13. The van der Waals surface area contributed by atoms with Crippen LogP contribution >= 0.6 is 0 Å². The third kappa shape index (κ3) is 5.16. The second-order valence-electron chi connectivity index (χ2n) is 7.70. The topological polar surface area (TPSA) is 87.0 Å². The normalized spacial score (nSPS) is 10.9. The summed E-state index contributed by atoms with van der Waals surface area (Å²) in [5, 5.41) is 8.97. The van der Waals surface area contributed by atoms with Crippen molar-refractivity contribution in [1.82, 2.24) is 15.2 Å². The lowest BCUT2D eigenvalue weighted by molar-refractivity contribution is 0.0954. The van der Waals surface area contributed by atoms with Crippen molar-refractivity contribution in [3.8, 4) is 34.2 Å². The molecule has 0 saturated heterocycles. The van der Waals surface area contributed by atoms with Crippen LogP contribution < -0.4 is 19.6 Å². The molecule has 0 unspecified atom stereocenters. The Morgan fingerprint density at radius 1 is 0.943 bits per heavy atom. The number of methoxy groups -OCH3 is 3. The Balaban J connectivity index is 1.63. The fourth-order valence-corrected chi connectivity index (χ4v) is 3.65. The minimum Gasteiger partial charge on any atom is -0.493 e. The molecule has 8 heteroatoms. The van der Waals surface area contributed by atoms with Crippen molar-refractivity contribution in [1.29, 1.82) is 0 Å². The first-order chi connectivity index (χ1) is 17.0. The van der Waals surface area contributed by atoms with Crippen molar-refractivity contribution in [2.45, 2.75) is 6.92 Å². The van der Waals surface area contributed by atoms with Gasteiger partial charge in [-0.2, -0.15) is 10.2 Å². The van der Waals surface area contributed by atoms with E-state index in [4.69, 9.17) is 19.3 Å². The molecule has 0 bridgehead atoms. The predicted molar refractivity (Wildman–Crippen MR) is 135 cm³/mol. The molecule has 178 valence electrons. The number of aromatic nitrogens is 2. The van der Waals surface area contributed by atoms with Gasteiger partial charge in [-0.05, 0) is 37.3 Å². The molecule has 1 amide bonds. The van der Waals surface area contributed by atoms with Gasteiger partial charge in [-0.15, -0.1) is 0 Å². The summed E-state index contributed by atoms with van der Waals surface area (Å²) in [6.07, 6.45) is 3.46. The van der Waals surface area contributed by atoms with Crippen LogP contribution in [0.2, 0.25) is 0 Å². The molecule has 1 N–H and O–H groups in total. The molecule has 8 nitrogen and oxygen atoms in total. The standard InChI is InChI=1S/C27H26N4O4/c1-18-9-8-10-19(13-18)25-21(17-31(30-25)22-11-6-5-7-12-22)16-28-29-27(32)20-14-23(33-2)26(35-4)24(15-20)34-3/h5-17H,1-4H3,(H,29,32)/b28-16-. The molecule has 0 spiro atoms. The zero-order valence-corrected chi connectivity index (χ0v) is 20.0. The molecule has 0 saturated carbocycles. The number of para-hydroxylation sites is 1. The molecule has 4 aromatic rings. The van der Waals surface area contributed by atoms with Crippen molar-refractivity contribution in [3.05, 3.63) is 89.6 Å². The van der Waals surface area contributed by atoms with Gasteiger partial charge in [0.25, 0.3) is 5.91 Å². The molecule has 0 aliphatic rings. The number of carbonyl (C=O) groups excluding carboxylic acids is 1. The van der Waals surface area contributed by atoms with Crippen molar-refractivity contribution in [2.75, 3.05) is 21.3 Å². The van der Waals surface area contributed by atoms with Gasteiger partial charge in [0.05, 0.1) is 33.2 Å². The molecule has 3 aromatic carbocycles. The quantitative estimate of drug-likeness (QED) is 0.300. The molecule has 0 aliphatic heterocycles. The number of hydrazone groups is 1. The summed E-state index contributed by atoms with van der Waals surface area (Å²) in [6, 6.07) is 21.0. The summed E-state index contributed by atoms with van der Waals surface area (Å²) in [6.45, 7) is 2.03. The number of hydrogen-bond acceptors (Lipinski definition) is 6. The molecule has 35 heavy (non-hydrogen) atoms. The van der Waals surface area contributed by atoms with Gasteiger partial charge in [-0.1, -0.05) is 42.0 Å². The Bertz CT molecular complexity index is 1340. The molecule has 4 rings (SSSR count). The largest absolute Gasteiger partial charge is 0.493 e. The summed E-state index contributed by atoms with van der Waals surface area (Å²) in [5.41, 5.74) is 7.39. The number of benzene rings is 3. The maximum atomic E-state index is 12.8. The van der Waals surface area contributed by atoms with E-state index in [1.165, 1.54) is 21.3 Å². The van der Waals surface area contributed by atoms with Crippen LogP contribution in [0.15, 0.2) is 78.0 Å². The molecule has 0 radical (unpaired) electrons. The number of aryl methyl sites for hydroxylation is 1. The number of amides is 1. The van der Waals surface area contributed by atoms with E-state index in [0.29, 0.717) is 22.8 Å². The zero-order valence-electron chi connectivity index (χ0n) is 20.0. The van der Waals surface area contributed by atoms with Crippen LogP contribution in [0.4, 0.5) is 0 Å². The summed E-state index contributed by atoms with van der Waals surface area (Å²) < 4.78 is 17.8. The summed E-state index contributed by atoms with van der Waals surface area (Å²) in [7, 11) is 4.49. The van der Waals surface area contributed by atoms with Crippen molar-refractivity contribution in [3.63, 3.8) is 0 Å². The van der Waals surface area contributed by atoms with E-state index in [9.17, 15) is 4.79 Å². The first-order valence-electron chi connectivity index (χ1n) is 10.9. The maximum absolute atomic E-state index is 12.8. The lowest BCUT2D eigenvalue weighted by atomic mass is 10.1. The maximum Gasteiger partial charge on any atom is 0.271 e. The van der Waals surface area contributed by atoms with Gasteiger partial charge in [0.15, 0.2) is 11.5 Å². The highest BCUT2D eigenvalue weighted by atomic mass is 16.5. The average Bonchev–Trinajstić information content (AvgIpc) is 3.32. The van der Waals surface area contributed by atoms with Crippen LogP contribution in [0.5, 0.6) is 17.2 Å². The Hall–Kier alpha value is -4.59. The first kappa shape index (κ1) is 23.6. The zero-order chi connectivity index (χ0) is 24.8. The SMILES string of the molecule is COc1cc(C(=O)N/N=C\c2cn(-c3ccccc3)nc2-c2cccc(C)c2)cc(OC)c1OC. The van der Waals surface area contributed by atoms with E-state index in [-0.39, 0.29) is 0 Å². The number of carbonyl (C=O) groups is 1. The highest BCUT2D eigenvalue weighted by Crippen LogP contribution is 2.38. The molecular weight excluding hydrogens is 444 g/mol. The van der Waals surface area contributed by atoms with E-state index < -0.39 is 5.91 Å². The Labute approximate surface area is 203 Å². The lowest BCUT2D eigenvalue weighted by Crippen LogP contribution is -2.18. The van der Waals surface area contributed by atoms with Crippen LogP contribution in [0.25, 0.3) is 16.9 Å². The molecule has 0 aliphatic carbocycles. The minimum atomic E-state index is -0.423. The smallest absolute Gasteiger partial charge is 0.271 e. The van der Waals surface area contributed by atoms with Gasteiger partial charge >= 0.3 is 0 Å². The Kier molecular flexibility index (Phi) is 7.11. The van der Waals surface area contributed by atoms with Gasteiger partial charge in [-0.25, -0.2) is 10.1 Å². The van der Waals surface area contributed by atoms with Gasteiger partial charge in [0.1, 0.15) is 5.69 Å². The fraction of sp³-hybridized carbons (Fsp3) is 0.148. The highest BCUT2D eigenvalue weighted by molar-refractivity contribution is 5.97. The van der Waals surface area contributed by atoms with Crippen LogP contribution in [-0.2, 0) is 0 Å². The third-order valence-corrected chi connectivity index (χ3v) is 5.35. The number of rotatable bonds is 8. The second-order valence-corrected chi connectivity index (χ2v) is 7.70. The van der Waals surface area contributed by atoms with Gasteiger partial charge < -0.3 is 14.2 Å². The van der Waals surface area contributed by atoms with Crippen LogP contribution in [0, 0.1) is 6.92 Å². The van der Waals surface area contributed by atoms with Crippen LogP contribution in [0.3, 0.4) is 0 Å².